The highest BCUT2D eigenvalue weighted by Gasteiger charge is 2.36. The summed E-state index contributed by atoms with van der Waals surface area (Å²) in [5.74, 6) is -0.0209. The number of carbonyl (C=O) groups is 1. The van der Waals surface area contributed by atoms with Crippen LogP contribution in [0.3, 0.4) is 0 Å². The number of rotatable bonds is 4. The Bertz CT molecular complexity index is 779. The molecule has 1 aromatic heterocycles. The topological polar surface area (TPSA) is 59.4 Å². The fourth-order valence-electron chi connectivity index (χ4n) is 3.40. The molecule has 1 aromatic carbocycles. The first-order valence-corrected chi connectivity index (χ1v) is 9.45. The summed E-state index contributed by atoms with van der Waals surface area (Å²) in [6, 6.07) is 10.2. The van der Waals surface area contributed by atoms with Gasteiger partial charge in [-0.3, -0.25) is 14.4 Å². The van der Waals surface area contributed by atoms with Gasteiger partial charge in [0, 0.05) is 26.3 Å². The number of anilines is 1. The lowest BCUT2D eigenvalue weighted by atomic mass is 9.87. The number of amides is 1. The van der Waals surface area contributed by atoms with Crippen LogP contribution in [0.2, 0.25) is 0 Å². The lowest BCUT2D eigenvalue weighted by molar-refractivity contribution is -0.137. The fourth-order valence-corrected chi connectivity index (χ4v) is 3.40. The van der Waals surface area contributed by atoms with Gasteiger partial charge in [-0.15, -0.1) is 0 Å². The summed E-state index contributed by atoms with van der Waals surface area (Å²) in [7, 11) is 1.85. The Morgan fingerprint density at radius 1 is 1.26 bits per heavy atom. The zero-order valence-electron chi connectivity index (χ0n) is 16.9. The van der Waals surface area contributed by atoms with E-state index in [1.54, 1.807) is 4.68 Å². The Morgan fingerprint density at radius 3 is 2.56 bits per heavy atom. The minimum Gasteiger partial charge on any atom is -0.367 e. The number of ether oxygens (including phenoxy) is 1. The third kappa shape index (κ3) is 4.96. The summed E-state index contributed by atoms with van der Waals surface area (Å²) in [5, 5.41) is 7.26. The van der Waals surface area contributed by atoms with E-state index in [1.807, 2.05) is 38.4 Å². The van der Waals surface area contributed by atoms with Crippen molar-refractivity contribution in [3.05, 3.63) is 47.8 Å². The second kappa shape index (κ2) is 7.82. The third-order valence-corrected chi connectivity index (χ3v) is 4.97. The van der Waals surface area contributed by atoms with Crippen LogP contribution in [-0.4, -0.2) is 46.3 Å². The van der Waals surface area contributed by atoms with E-state index >= 15 is 0 Å². The maximum absolute atomic E-state index is 12.6. The van der Waals surface area contributed by atoms with Crippen molar-refractivity contribution in [1.82, 2.24) is 14.7 Å². The molecule has 6 heteroatoms. The Hall–Kier alpha value is -2.18. The summed E-state index contributed by atoms with van der Waals surface area (Å²) in [5.41, 5.74) is 2.74. The molecule has 2 heterocycles. The molecule has 0 unspecified atom stereocenters. The molecule has 1 saturated heterocycles. The number of hydrogen-bond donors (Lipinski definition) is 1. The molecule has 1 amide bonds. The summed E-state index contributed by atoms with van der Waals surface area (Å²) in [6.45, 7) is 10.2. The molecular weight excluding hydrogens is 340 g/mol. The highest BCUT2D eigenvalue weighted by Crippen LogP contribution is 2.33. The Kier molecular flexibility index (Phi) is 5.67. The van der Waals surface area contributed by atoms with Gasteiger partial charge in [0.1, 0.15) is 0 Å². The second-order valence-electron chi connectivity index (χ2n) is 8.43. The number of carbonyl (C=O) groups excluding carboxylic acids is 1. The van der Waals surface area contributed by atoms with E-state index in [0.717, 1.165) is 23.5 Å². The molecule has 0 spiro atoms. The standard InChI is InChI=1S/C21H30N4O2/c1-15-17(11-24(5)23-15)22-20(26)14-25-12-18(16-9-7-6-8-10-16)27-19(13-25)21(2,3)4/h6-11,18-19H,12-14H2,1-5H3,(H,22,26)/t18-,19+/m0/s1. The van der Waals surface area contributed by atoms with Crippen LogP contribution in [0.25, 0.3) is 0 Å². The molecule has 27 heavy (non-hydrogen) atoms. The molecule has 1 fully saturated rings. The monoisotopic (exact) mass is 370 g/mol. The van der Waals surface area contributed by atoms with Gasteiger partial charge in [0.25, 0.3) is 0 Å². The third-order valence-electron chi connectivity index (χ3n) is 4.97. The molecule has 0 bridgehead atoms. The molecule has 0 aliphatic carbocycles. The van der Waals surface area contributed by atoms with Gasteiger partial charge in [-0.2, -0.15) is 5.10 Å². The van der Waals surface area contributed by atoms with Crippen LogP contribution in [0.15, 0.2) is 36.5 Å². The van der Waals surface area contributed by atoms with Gasteiger partial charge in [0.15, 0.2) is 0 Å². The van der Waals surface area contributed by atoms with Crippen LogP contribution < -0.4 is 5.32 Å². The molecule has 6 nitrogen and oxygen atoms in total. The van der Waals surface area contributed by atoms with Crippen molar-refractivity contribution in [3.63, 3.8) is 0 Å². The van der Waals surface area contributed by atoms with Crippen molar-refractivity contribution < 1.29 is 9.53 Å². The number of nitrogens with one attached hydrogen (secondary N) is 1. The number of aryl methyl sites for hydroxylation is 2. The molecule has 3 rings (SSSR count). The molecule has 0 saturated carbocycles. The lowest BCUT2D eigenvalue weighted by Gasteiger charge is -2.43. The van der Waals surface area contributed by atoms with Crippen molar-refractivity contribution in [2.45, 2.75) is 39.9 Å². The first-order chi connectivity index (χ1) is 12.7. The van der Waals surface area contributed by atoms with Crippen molar-refractivity contribution in [2.75, 3.05) is 25.0 Å². The maximum Gasteiger partial charge on any atom is 0.238 e. The molecular formula is C21H30N4O2. The van der Waals surface area contributed by atoms with Crippen molar-refractivity contribution >= 4 is 11.6 Å². The van der Waals surface area contributed by atoms with E-state index in [0.29, 0.717) is 13.1 Å². The smallest absolute Gasteiger partial charge is 0.238 e. The van der Waals surface area contributed by atoms with Gasteiger partial charge >= 0.3 is 0 Å². The number of benzene rings is 1. The van der Waals surface area contributed by atoms with Gasteiger partial charge in [-0.25, -0.2) is 0 Å². The molecule has 2 aromatic rings. The predicted molar refractivity (Wildman–Crippen MR) is 107 cm³/mol. The minimum absolute atomic E-state index is 0.00210. The first kappa shape index (κ1) is 19.6. The second-order valence-corrected chi connectivity index (χ2v) is 8.43. The highest BCUT2D eigenvalue weighted by molar-refractivity contribution is 5.92. The quantitative estimate of drug-likeness (QED) is 0.898. The first-order valence-electron chi connectivity index (χ1n) is 9.45. The molecule has 1 aliphatic rings. The zero-order valence-corrected chi connectivity index (χ0v) is 16.9. The van der Waals surface area contributed by atoms with E-state index < -0.39 is 0 Å². The average Bonchev–Trinajstić information content (AvgIpc) is 2.91. The molecule has 0 radical (unpaired) electrons. The van der Waals surface area contributed by atoms with Gasteiger partial charge in [0.05, 0.1) is 30.1 Å². The molecule has 1 aliphatic heterocycles. The summed E-state index contributed by atoms with van der Waals surface area (Å²) in [6.07, 6.45) is 1.86. The van der Waals surface area contributed by atoms with Crippen molar-refractivity contribution in [3.8, 4) is 0 Å². The SMILES string of the molecule is Cc1nn(C)cc1NC(=O)CN1C[C@@H](c2ccccc2)O[C@@H](C(C)(C)C)C1. The number of hydrogen-bond acceptors (Lipinski definition) is 4. The van der Waals surface area contributed by atoms with Gasteiger partial charge in [0.2, 0.25) is 5.91 Å². The van der Waals surface area contributed by atoms with Gasteiger partial charge in [-0.1, -0.05) is 51.1 Å². The highest BCUT2D eigenvalue weighted by atomic mass is 16.5. The van der Waals surface area contributed by atoms with Crippen molar-refractivity contribution in [2.24, 2.45) is 12.5 Å². The van der Waals surface area contributed by atoms with Crippen LogP contribution in [-0.2, 0) is 16.6 Å². The summed E-state index contributed by atoms with van der Waals surface area (Å²) < 4.78 is 8.11. The fraction of sp³-hybridized carbons (Fsp3) is 0.524. The maximum atomic E-state index is 12.6. The summed E-state index contributed by atoms with van der Waals surface area (Å²) in [4.78, 5) is 14.8. The van der Waals surface area contributed by atoms with E-state index in [4.69, 9.17) is 4.74 Å². The van der Waals surface area contributed by atoms with E-state index in [9.17, 15) is 4.79 Å². The predicted octanol–water partition coefficient (Wildman–Crippen LogP) is 3.16. The molecule has 146 valence electrons. The van der Waals surface area contributed by atoms with Gasteiger partial charge < -0.3 is 10.1 Å². The number of morpholine rings is 1. The van der Waals surface area contributed by atoms with E-state index in [-0.39, 0.29) is 23.5 Å². The number of nitrogens with zero attached hydrogens (tertiary/aromatic N) is 3. The van der Waals surface area contributed by atoms with Crippen LogP contribution in [0.1, 0.15) is 38.1 Å². The normalized spacial score (nSPS) is 21.2. The minimum atomic E-state index is -0.0305. The average molecular weight is 370 g/mol. The Labute approximate surface area is 161 Å². The van der Waals surface area contributed by atoms with Crippen LogP contribution in [0.5, 0.6) is 0 Å². The Balaban J connectivity index is 1.71. The van der Waals surface area contributed by atoms with Crippen molar-refractivity contribution in [1.29, 1.82) is 0 Å². The summed E-state index contributed by atoms with van der Waals surface area (Å²) >= 11 is 0. The molecule has 1 N–H and O–H groups in total. The zero-order chi connectivity index (χ0) is 19.6. The van der Waals surface area contributed by atoms with E-state index in [2.05, 4.69) is 48.2 Å². The van der Waals surface area contributed by atoms with E-state index in [1.165, 1.54) is 0 Å². The van der Waals surface area contributed by atoms with Crippen LogP contribution in [0.4, 0.5) is 5.69 Å². The van der Waals surface area contributed by atoms with Crippen LogP contribution >= 0.6 is 0 Å². The van der Waals surface area contributed by atoms with Gasteiger partial charge in [-0.05, 0) is 17.9 Å². The molecule has 2 atom stereocenters. The lowest BCUT2D eigenvalue weighted by Crippen LogP contribution is -2.51. The van der Waals surface area contributed by atoms with Crippen LogP contribution in [0, 0.1) is 12.3 Å². The Morgan fingerprint density at radius 2 is 1.96 bits per heavy atom. The number of aromatic nitrogens is 2. The largest absolute Gasteiger partial charge is 0.367 e.